The number of amides is 1. The molecule has 5 rings (SSSR count). The number of carbonyl (C=O) groups is 1. The van der Waals surface area contributed by atoms with Crippen molar-refractivity contribution in [3.63, 3.8) is 0 Å². The molecule has 0 spiro atoms. The van der Waals surface area contributed by atoms with Crippen LogP contribution in [0.5, 0.6) is 11.5 Å². The van der Waals surface area contributed by atoms with Gasteiger partial charge in [0, 0.05) is 5.69 Å². The van der Waals surface area contributed by atoms with Crippen molar-refractivity contribution in [2.75, 3.05) is 11.5 Å². The second kappa shape index (κ2) is 8.39. The van der Waals surface area contributed by atoms with Gasteiger partial charge in [-0.2, -0.15) is 0 Å². The van der Waals surface area contributed by atoms with E-state index >= 15 is 0 Å². The zero-order valence-electron chi connectivity index (χ0n) is 18.2. The van der Waals surface area contributed by atoms with Crippen LogP contribution in [0.1, 0.15) is 24.1 Å². The van der Waals surface area contributed by atoms with Crippen LogP contribution in [-0.4, -0.2) is 18.6 Å². The van der Waals surface area contributed by atoms with Crippen LogP contribution in [0.15, 0.2) is 91.0 Å². The molecule has 160 valence electrons. The molecule has 1 aliphatic rings. The van der Waals surface area contributed by atoms with Gasteiger partial charge >= 0.3 is 0 Å². The minimum absolute atomic E-state index is 0.0408. The molecule has 0 N–H and O–H groups in total. The van der Waals surface area contributed by atoms with Crippen LogP contribution in [0, 0.1) is 6.92 Å². The second-order valence-electron chi connectivity index (χ2n) is 8.04. The zero-order chi connectivity index (χ0) is 22.1. The first-order valence-corrected chi connectivity index (χ1v) is 10.9. The number of nitrogens with zero attached hydrogens (tertiary/aromatic N) is 1. The van der Waals surface area contributed by atoms with Crippen LogP contribution in [0.3, 0.4) is 0 Å². The first-order valence-electron chi connectivity index (χ1n) is 10.9. The summed E-state index contributed by atoms with van der Waals surface area (Å²) in [6.07, 6.45) is -0.588. The van der Waals surface area contributed by atoms with Crippen molar-refractivity contribution < 1.29 is 14.3 Å². The SMILES string of the molecule is CCOc1ccc([C@@H]2[C@H](Oc3ccc4ccccc4c3)C(=O)N2c2ccc(C)cc2)cc1. The quantitative estimate of drug-likeness (QED) is 0.353. The average Bonchev–Trinajstić information content (AvgIpc) is 2.82. The first kappa shape index (κ1) is 20.1. The van der Waals surface area contributed by atoms with Crippen LogP contribution in [0.25, 0.3) is 10.8 Å². The lowest BCUT2D eigenvalue weighted by Crippen LogP contribution is -2.61. The lowest BCUT2D eigenvalue weighted by atomic mass is 9.89. The van der Waals surface area contributed by atoms with E-state index in [9.17, 15) is 4.79 Å². The number of benzene rings is 4. The molecule has 2 atom stereocenters. The van der Waals surface area contributed by atoms with Crippen molar-refractivity contribution >= 4 is 22.4 Å². The van der Waals surface area contributed by atoms with E-state index < -0.39 is 6.10 Å². The lowest BCUT2D eigenvalue weighted by Gasteiger charge is -2.46. The maximum absolute atomic E-state index is 13.2. The molecule has 0 unspecified atom stereocenters. The Balaban J connectivity index is 1.48. The van der Waals surface area contributed by atoms with Gasteiger partial charge in [-0.05, 0) is 66.6 Å². The minimum Gasteiger partial charge on any atom is -0.494 e. The molecular formula is C28H25NO3. The molecule has 0 aromatic heterocycles. The Morgan fingerprint density at radius 1 is 0.812 bits per heavy atom. The molecule has 0 saturated carbocycles. The number of aryl methyl sites for hydroxylation is 1. The number of anilines is 1. The summed E-state index contributed by atoms with van der Waals surface area (Å²) >= 11 is 0. The Hall–Kier alpha value is -3.79. The highest BCUT2D eigenvalue weighted by atomic mass is 16.5. The molecule has 4 aromatic rings. The predicted molar refractivity (Wildman–Crippen MR) is 127 cm³/mol. The summed E-state index contributed by atoms with van der Waals surface area (Å²) in [6.45, 7) is 4.62. The van der Waals surface area contributed by atoms with Gasteiger partial charge < -0.3 is 9.47 Å². The monoisotopic (exact) mass is 423 g/mol. The summed E-state index contributed by atoms with van der Waals surface area (Å²) < 4.78 is 11.9. The Kier molecular flexibility index (Phi) is 5.28. The summed E-state index contributed by atoms with van der Waals surface area (Å²) in [7, 11) is 0. The third-order valence-corrected chi connectivity index (χ3v) is 5.87. The van der Waals surface area contributed by atoms with Crippen molar-refractivity contribution in [2.24, 2.45) is 0 Å². The molecule has 4 heteroatoms. The molecule has 0 aliphatic carbocycles. The topological polar surface area (TPSA) is 38.8 Å². The van der Waals surface area contributed by atoms with Crippen LogP contribution in [0.2, 0.25) is 0 Å². The molecule has 1 heterocycles. The third-order valence-electron chi connectivity index (χ3n) is 5.87. The van der Waals surface area contributed by atoms with Gasteiger partial charge in [-0.15, -0.1) is 0 Å². The molecule has 1 saturated heterocycles. The van der Waals surface area contributed by atoms with Crippen molar-refractivity contribution in [2.45, 2.75) is 26.0 Å². The molecule has 4 nitrogen and oxygen atoms in total. The minimum atomic E-state index is -0.588. The Labute approximate surface area is 188 Å². The number of fused-ring (bicyclic) bond motifs is 1. The van der Waals surface area contributed by atoms with Crippen LogP contribution < -0.4 is 14.4 Å². The molecule has 1 aliphatic heterocycles. The average molecular weight is 424 g/mol. The molecule has 1 amide bonds. The summed E-state index contributed by atoms with van der Waals surface area (Å²) in [5.41, 5.74) is 3.04. The first-order chi connectivity index (χ1) is 15.6. The van der Waals surface area contributed by atoms with Crippen LogP contribution in [-0.2, 0) is 4.79 Å². The molecule has 0 radical (unpaired) electrons. The van der Waals surface area contributed by atoms with Crippen molar-refractivity contribution in [1.29, 1.82) is 0 Å². The number of β-lactam (4-membered cyclic amide) rings is 1. The van der Waals surface area contributed by atoms with Crippen molar-refractivity contribution in [3.05, 3.63) is 102 Å². The number of hydrogen-bond acceptors (Lipinski definition) is 3. The molecule has 4 aromatic carbocycles. The Morgan fingerprint density at radius 3 is 2.22 bits per heavy atom. The van der Waals surface area contributed by atoms with E-state index in [2.05, 4.69) is 6.07 Å². The van der Waals surface area contributed by atoms with E-state index in [1.165, 1.54) is 0 Å². The molecule has 32 heavy (non-hydrogen) atoms. The highest BCUT2D eigenvalue weighted by Crippen LogP contribution is 2.42. The second-order valence-corrected chi connectivity index (χ2v) is 8.04. The highest BCUT2D eigenvalue weighted by molar-refractivity contribution is 6.05. The maximum atomic E-state index is 13.2. The normalized spacial score (nSPS) is 17.8. The zero-order valence-corrected chi connectivity index (χ0v) is 18.2. The smallest absolute Gasteiger partial charge is 0.271 e. The van der Waals surface area contributed by atoms with Crippen molar-refractivity contribution in [1.82, 2.24) is 0 Å². The summed E-state index contributed by atoms with van der Waals surface area (Å²) in [4.78, 5) is 15.1. The Morgan fingerprint density at radius 2 is 1.50 bits per heavy atom. The van der Waals surface area contributed by atoms with E-state index in [-0.39, 0.29) is 11.9 Å². The van der Waals surface area contributed by atoms with E-state index in [4.69, 9.17) is 9.47 Å². The fourth-order valence-electron chi connectivity index (χ4n) is 4.21. The molecule has 1 fully saturated rings. The van der Waals surface area contributed by atoms with Gasteiger partial charge in [0.25, 0.3) is 5.91 Å². The Bertz CT molecular complexity index is 1250. The number of rotatable bonds is 6. The van der Waals surface area contributed by atoms with Gasteiger partial charge in [0.15, 0.2) is 0 Å². The van der Waals surface area contributed by atoms with Gasteiger partial charge in [-0.3, -0.25) is 9.69 Å². The van der Waals surface area contributed by atoms with Gasteiger partial charge in [0.1, 0.15) is 17.5 Å². The largest absolute Gasteiger partial charge is 0.494 e. The van der Waals surface area contributed by atoms with E-state index in [1.54, 1.807) is 0 Å². The summed E-state index contributed by atoms with van der Waals surface area (Å²) in [5.74, 6) is 1.47. The van der Waals surface area contributed by atoms with Crippen LogP contribution >= 0.6 is 0 Å². The number of ether oxygens (including phenoxy) is 2. The molecular weight excluding hydrogens is 398 g/mol. The van der Waals surface area contributed by atoms with Crippen LogP contribution in [0.4, 0.5) is 5.69 Å². The lowest BCUT2D eigenvalue weighted by molar-refractivity contribution is -0.135. The van der Waals surface area contributed by atoms with Crippen molar-refractivity contribution in [3.8, 4) is 11.5 Å². The third kappa shape index (κ3) is 3.69. The van der Waals surface area contributed by atoms with Gasteiger partial charge in [-0.25, -0.2) is 0 Å². The summed E-state index contributed by atoms with van der Waals surface area (Å²) in [6, 6.07) is 29.8. The molecule has 0 bridgehead atoms. The number of hydrogen-bond donors (Lipinski definition) is 0. The van der Waals surface area contributed by atoms with Gasteiger partial charge in [0.2, 0.25) is 6.10 Å². The summed E-state index contributed by atoms with van der Waals surface area (Å²) in [5, 5.41) is 2.23. The fraction of sp³-hybridized carbons (Fsp3) is 0.179. The van der Waals surface area contributed by atoms with E-state index in [0.717, 1.165) is 33.3 Å². The standard InChI is InChI=1S/C28H25NO3/c1-3-31-24-15-11-21(12-16-24)26-27(28(30)29(26)23-13-8-19(2)9-14-23)32-25-17-10-20-6-4-5-7-22(20)18-25/h4-18,26-27H,3H2,1-2H3/t26-,27+/m1/s1. The highest BCUT2D eigenvalue weighted by Gasteiger charge is 2.51. The van der Waals surface area contributed by atoms with E-state index in [1.807, 2.05) is 104 Å². The van der Waals surface area contributed by atoms with Gasteiger partial charge in [0.05, 0.1) is 6.61 Å². The van der Waals surface area contributed by atoms with Gasteiger partial charge in [-0.1, -0.05) is 60.2 Å². The van der Waals surface area contributed by atoms with E-state index in [0.29, 0.717) is 12.4 Å². The maximum Gasteiger partial charge on any atom is 0.271 e. The predicted octanol–water partition coefficient (Wildman–Crippen LogP) is 6.08. The fourth-order valence-corrected chi connectivity index (χ4v) is 4.21. The number of carbonyl (C=O) groups excluding carboxylic acids is 1.